The summed E-state index contributed by atoms with van der Waals surface area (Å²) in [7, 11) is 4.68. The van der Waals surface area contributed by atoms with Gasteiger partial charge in [-0.1, -0.05) is 35.6 Å². The van der Waals surface area contributed by atoms with Crippen LogP contribution in [0.15, 0.2) is 53.9 Å². The third kappa shape index (κ3) is 6.01. The van der Waals surface area contributed by atoms with E-state index in [0.29, 0.717) is 40.3 Å². The molecule has 2 aromatic carbocycles. The maximum Gasteiger partial charge on any atom is 0.228 e. The van der Waals surface area contributed by atoms with Gasteiger partial charge in [0, 0.05) is 40.9 Å². The first-order valence-electron chi connectivity index (χ1n) is 11.3. The number of nitrogens with zero attached hydrogens (tertiary/aromatic N) is 2. The molecule has 0 unspecified atom stereocenters. The van der Waals surface area contributed by atoms with E-state index < -0.39 is 0 Å². The van der Waals surface area contributed by atoms with E-state index in [9.17, 15) is 4.79 Å². The van der Waals surface area contributed by atoms with Crippen LogP contribution in [0.2, 0.25) is 0 Å². The van der Waals surface area contributed by atoms with Crippen LogP contribution in [0, 0.1) is 0 Å². The van der Waals surface area contributed by atoms with Gasteiger partial charge in [-0.2, -0.15) is 0 Å². The number of ether oxygens (including phenoxy) is 3. The van der Waals surface area contributed by atoms with Gasteiger partial charge >= 0.3 is 0 Å². The minimum absolute atomic E-state index is 0.0706. The molecular weight excluding hydrogens is 510 g/mol. The number of thiazole rings is 2. The molecule has 0 atom stereocenters. The molecule has 4 N–H and O–H groups in total. The Morgan fingerprint density at radius 1 is 1.05 bits per heavy atom. The lowest BCUT2D eigenvalue weighted by molar-refractivity contribution is -0.115. The highest BCUT2D eigenvalue weighted by molar-refractivity contribution is 7.23. The van der Waals surface area contributed by atoms with Gasteiger partial charge in [-0.05, 0) is 19.1 Å². The Morgan fingerprint density at radius 2 is 1.81 bits per heavy atom. The van der Waals surface area contributed by atoms with E-state index in [4.69, 9.17) is 24.9 Å². The number of carbonyl (C=O) groups excluding carboxylic acids is 1. The van der Waals surface area contributed by atoms with E-state index in [1.165, 1.54) is 22.7 Å². The molecule has 4 aromatic rings. The lowest BCUT2D eigenvalue weighted by Gasteiger charge is -2.14. The maximum atomic E-state index is 12.1. The van der Waals surface area contributed by atoms with Crippen molar-refractivity contribution in [2.24, 2.45) is 0 Å². The van der Waals surface area contributed by atoms with Crippen molar-refractivity contribution >= 4 is 50.9 Å². The van der Waals surface area contributed by atoms with Crippen LogP contribution in [-0.4, -0.2) is 37.2 Å². The molecule has 0 aliphatic heterocycles. The number of benzene rings is 2. The van der Waals surface area contributed by atoms with Crippen molar-refractivity contribution < 1.29 is 19.0 Å². The van der Waals surface area contributed by atoms with Crippen molar-refractivity contribution in [2.75, 3.05) is 37.7 Å². The first-order chi connectivity index (χ1) is 17.9. The molecule has 4 rings (SSSR count). The average Bonchev–Trinajstić information content (AvgIpc) is 3.53. The van der Waals surface area contributed by atoms with Crippen molar-refractivity contribution in [1.29, 1.82) is 0 Å². The van der Waals surface area contributed by atoms with E-state index >= 15 is 0 Å². The number of nitrogens with two attached hydrogens (primary N) is 1. The molecule has 1 amide bonds. The molecule has 2 heterocycles. The maximum absolute atomic E-state index is 12.1. The number of carbonyl (C=O) groups is 1. The van der Waals surface area contributed by atoms with Gasteiger partial charge in [0.2, 0.25) is 11.7 Å². The molecule has 0 spiro atoms. The Kier molecular flexibility index (Phi) is 8.26. The van der Waals surface area contributed by atoms with Crippen molar-refractivity contribution in [2.45, 2.75) is 13.3 Å². The number of aromatic nitrogens is 2. The summed E-state index contributed by atoms with van der Waals surface area (Å²) in [5.74, 6) is 1.87. The third-order valence-electron chi connectivity index (χ3n) is 5.25. The third-order valence-corrected chi connectivity index (χ3v) is 7.23. The summed E-state index contributed by atoms with van der Waals surface area (Å²) in [5, 5.41) is 9.48. The van der Waals surface area contributed by atoms with Crippen LogP contribution in [0.4, 0.5) is 22.3 Å². The summed E-state index contributed by atoms with van der Waals surface area (Å²) >= 11 is 2.87. The quantitative estimate of drug-likeness (QED) is 0.205. The summed E-state index contributed by atoms with van der Waals surface area (Å²) in [5.41, 5.74) is 9.37. The van der Waals surface area contributed by atoms with Gasteiger partial charge in [0.25, 0.3) is 0 Å². The minimum Gasteiger partial charge on any atom is -0.493 e. The molecule has 192 valence electrons. The highest BCUT2D eigenvalue weighted by atomic mass is 32.1. The molecule has 11 heteroatoms. The lowest BCUT2D eigenvalue weighted by atomic mass is 10.1. The number of hydrogen-bond donors (Lipinski definition) is 3. The fourth-order valence-corrected chi connectivity index (χ4v) is 5.35. The largest absolute Gasteiger partial charge is 0.493 e. The van der Waals surface area contributed by atoms with Crippen molar-refractivity contribution in [3.8, 4) is 38.4 Å². The number of methoxy groups -OCH3 is 3. The Balaban J connectivity index is 1.54. The predicted octanol–water partition coefficient (Wildman–Crippen LogP) is 6.19. The molecule has 0 radical (unpaired) electrons. The van der Waals surface area contributed by atoms with Gasteiger partial charge in [0.05, 0.1) is 27.0 Å². The summed E-state index contributed by atoms with van der Waals surface area (Å²) in [6.45, 7) is 1.88. The number of allylic oxidation sites excluding steroid dienone is 1. The first kappa shape index (κ1) is 26.0. The normalized spacial score (nSPS) is 10.9. The molecular formula is C26H27N5O4S2. The minimum atomic E-state index is -0.0706. The van der Waals surface area contributed by atoms with Crippen molar-refractivity contribution in [3.05, 3.63) is 53.9 Å². The molecule has 0 aliphatic carbocycles. The van der Waals surface area contributed by atoms with Gasteiger partial charge < -0.3 is 30.6 Å². The Hall–Kier alpha value is -4.09. The lowest BCUT2D eigenvalue weighted by Crippen LogP contribution is -2.09. The second-order valence-electron chi connectivity index (χ2n) is 7.71. The van der Waals surface area contributed by atoms with E-state index in [-0.39, 0.29) is 5.91 Å². The molecule has 37 heavy (non-hydrogen) atoms. The standard InChI is InChI=1S/C26H27N5O4S2/c1-5-6-10-21(32)28-16-9-7-8-15(11-16)18-14-36-25(30-18)23-24(27)31-26(37-23)29-17-12-19(33-2)22(35-4)20(13-17)34-3/h5-9,11-14H,10,27H2,1-4H3,(H,28,32)(H,29,31). The summed E-state index contributed by atoms with van der Waals surface area (Å²) in [6, 6.07) is 11.2. The zero-order valence-corrected chi connectivity index (χ0v) is 22.5. The molecule has 0 saturated carbocycles. The number of rotatable bonds is 10. The van der Waals surface area contributed by atoms with Gasteiger partial charge in [-0.15, -0.1) is 11.3 Å². The molecule has 0 aliphatic rings. The summed E-state index contributed by atoms with van der Waals surface area (Å²) in [6.07, 6.45) is 4.00. The van der Waals surface area contributed by atoms with Gasteiger partial charge in [0.1, 0.15) is 15.7 Å². The number of hydrogen-bond acceptors (Lipinski definition) is 10. The second kappa shape index (κ2) is 11.8. The number of anilines is 4. The zero-order chi connectivity index (χ0) is 26.4. The van der Waals surface area contributed by atoms with Crippen LogP contribution in [0.5, 0.6) is 17.2 Å². The average molecular weight is 538 g/mol. The highest BCUT2D eigenvalue weighted by Crippen LogP contribution is 2.43. The van der Waals surface area contributed by atoms with E-state index in [1.807, 2.05) is 48.7 Å². The fraction of sp³-hybridized carbons (Fsp3) is 0.192. The summed E-state index contributed by atoms with van der Waals surface area (Å²) in [4.78, 5) is 22.1. The second-order valence-corrected chi connectivity index (χ2v) is 9.57. The van der Waals surface area contributed by atoms with Gasteiger partial charge in [0.15, 0.2) is 16.6 Å². The van der Waals surface area contributed by atoms with Gasteiger partial charge in [-0.25, -0.2) is 9.97 Å². The van der Waals surface area contributed by atoms with E-state index in [0.717, 1.165) is 26.8 Å². The van der Waals surface area contributed by atoms with Gasteiger partial charge in [-0.3, -0.25) is 4.79 Å². The number of nitrogens with one attached hydrogen (secondary N) is 2. The fourth-order valence-electron chi connectivity index (χ4n) is 3.52. The SMILES string of the molecule is CC=CCC(=O)Nc1cccc(-c2csc(-c3sc(Nc4cc(OC)c(OC)c(OC)c4)nc3N)n2)c1. The number of amides is 1. The topological polar surface area (TPSA) is 121 Å². The van der Waals surface area contributed by atoms with Crippen LogP contribution in [0.1, 0.15) is 13.3 Å². The van der Waals surface area contributed by atoms with Crippen molar-refractivity contribution in [1.82, 2.24) is 9.97 Å². The highest BCUT2D eigenvalue weighted by Gasteiger charge is 2.18. The Bertz CT molecular complexity index is 1410. The Morgan fingerprint density at radius 3 is 2.49 bits per heavy atom. The van der Waals surface area contributed by atoms with Crippen molar-refractivity contribution in [3.63, 3.8) is 0 Å². The molecule has 2 aromatic heterocycles. The van der Waals surface area contributed by atoms with E-state index in [2.05, 4.69) is 15.6 Å². The monoisotopic (exact) mass is 537 g/mol. The molecule has 0 fully saturated rings. The smallest absolute Gasteiger partial charge is 0.228 e. The van der Waals surface area contributed by atoms with Crippen LogP contribution >= 0.6 is 22.7 Å². The van der Waals surface area contributed by atoms with Crippen LogP contribution in [-0.2, 0) is 4.79 Å². The summed E-state index contributed by atoms with van der Waals surface area (Å²) < 4.78 is 16.2. The first-order valence-corrected chi connectivity index (χ1v) is 13.0. The molecule has 9 nitrogen and oxygen atoms in total. The van der Waals surface area contributed by atoms with Crippen LogP contribution < -0.4 is 30.6 Å². The predicted molar refractivity (Wildman–Crippen MR) is 151 cm³/mol. The Labute approximate surface area is 222 Å². The number of nitrogen functional groups attached to an aromatic ring is 1. The molecule has 0 saturated heterocycles. The van der Waals surface area contributed by atoms with Crippen LogP contribution in [0.3, 0.4) is 0 Å². The van der Waals surface area contributed by atoms with E-state index in [1.54, 1.807) is 33.5 Å². The zero-order valence-electron chi connectivity index (χ0n) is 20.8. The van der Waals surface area contributed by atoms with Crippen LogP contribution in [0.25, 0.3) is 21.1 Å². The molecule has 0 bridgehead atoms.